The van der Waals surface area contributed by atoms with Gasteiger partial charge in [0.15, 0.2) is 6.10 Å². The van der Waals surface area contributed by atoms with Crippen molar-refractivity contribution in [2.24, 2.45) is 0 Å². The van der Waals surface area contributed by atoms with Crippen molar-refractivity contribution in [2.45, 2.75) is 25.6 Å². The highest BCUT2D eigenvalue weighted by Crippen LogP contribution is 2.28. The van der Waals surface area contributed by atoms with Crippen molar-refractivity contribution in [3.63, 3.8) is 0 Å². The van der Waals surface area contributed by atoms with Gasteiger partial charge in [0.2, 0.25) is 6.10 Å². The number of esters is 2. The number of aromatic nitrogens is 1. The van der Waals surface area contributed by atoms with Gasteiger partial charge < -0.3 is 18.9 Å². The molecule has 0 saturated carbocycles. The topological polar surface area (TPSA) is 84.0 Å². The third kappa shape index (κ3) is 4.07. The molecule has 1 aliphatic rings. The van der Waals surface area contributed by atoms with Gasteiger partial charge >= 0.3 is 11.9 Å². The molecule has 2 heterocycles. The van der Waals surface area contributed by atoms with Crippen molar-refractivity contribution in [3.05, 3.63) is 48.0 Å². The maximum Gasteiger partial charge on any atom is 0.347 e. The van der Waals surface area contributed by atoms with Crippen LogP contribution in [0.25, 0.3) is 10.2 Å². The summed E-state index contributed by atoms with van der Waals surface area (Å²) in [5.74, 6) is 0.718. The lowest BCUT2D eigenvalue weighted by Gasteiger charge is -2.16. The monoisotopic (exact) mass is 399 g/mol. The minimum Gasteiger partial charge on any atom is -0.479 e. The van der Waals surface area contributed by atoms with E-state index < -0.39 is 24.1 Å². The van der Waals surface area contributed by atoms with E-state index >= 15 is 0 Å². The standard InChI is InChI=1S/C20H17NO6S/c1-12(19(22)27-17-8-9-24-20(17)23)25-13-2-4-14(5-3-13)26-15-6-7-16-18(10-15)28-11-21-16/h2-7,10-12,17H,8-9H2,1H3. The molecule has 2 atom stereocenters. The fourth-order valence-electron chi connectivity index (χ4n) is 2.69. The third-order valence-electron chi connectivity index (χ3n) is 4.15. The molecule has 0 bridgehead atoms. The molecule has 1 aliphatic heterocycles. The largest absolute Gasteiger partial charge is 0.479 e. The van der Waals surface area contributed by atoms with E-state index in [2.05, 4.69) is 4.98 Å². The molecule has 7 nitrogen and oxygen atoms in total. The van der Waals surface area contributed by atoms with Gasteiger partial charge in [-0.1, -0.05) is 0 Å². The molecule has 0 spiro atoms. The normalized spacial score (nSPS) is 17.2. The van der Waals surface area contributed by atoms with Gasteiger partial charge in [-0.05, 0) is 43.3 Å². The zero-order valence-corrected chi connectivity index (χ0v) is 15.8. The first-order chi connectivity index (χ1) is 13.6. The van der Waals surface area contributed by atoms with Crippen molar-refractivity contribution in [1.29, 1.82) is 0 Å². The lowest BCUT2D eigenvalue weighted by Crippen LogP contribution is -2.32. The van der Waals surface area contributed by atoms with Crippen LogP contribution in [-0.4, -0.2) is 35.7 Å². The Morgan fingerprint density at radius 1 is 1.18 bits per heavy atom. The number of benzene rings is 2. The van der Waals surface area contributed by atoms with Crippen LogP contribution in [0.4, 0.5) is 0 Å². The van der Waals surface area contributed by atoms with E-state index in [4.69, 9.17) is 18.9 Å². The second-order valence-electron chi connectivity index (χ2n) is 6.20. The molecular weight excluding hydrogens is 382 g/mol. The highest BCUT2D eigenvalue weighted by Gasteiger charge is 2.32. The summed E-state index contributed by atoms with van der Waals surface area (Å²) in [5, 5.41) is 0. The molecule has 28 heavy (non-hydrogen) atoms. The molecule has 2 aromatic carbocycles. The number of thiazole rings is 1. The van der Waals surface area contributed by atoms with E-state index in [9.17, 15) is 9.59 Å². The van der Waals surface area contributed by atoms with Crippen LogP contribution in [0.5, 0.6) is 17.2 Å². The van der Waals surface area contributed by atoms with Crippen LogP contribution < -0.4 is 9.47 Å². The third-order valence-corrected chi connectivity index (χ3v) is 4.94. The first kappa shape index (κ1) is 18.2. The Morgan fingerprint density at radius 3 is 2.68 bits per heavy atom. The lowest BCUT2D eigenvalue weighted by atomic mass is 10.3. The van der Waals surface area contributed by atoms with E-state index in [1.54, 1.807) is 48.0 Å². The molecule has 0 amide bonds. The second kappa shape index (κ2) is 7.85. The van der Waals surface area contributed by atoms with Gasteiger partial charge in [0.25, 0.3) is 0 Å². The van der Waals surface area contributed by atoms with E-state index in [1.807, 2.05) is 18.2 Å². The van der Waals surface area contributed by atoms with Crippen molar-refractivity contribution in [3.8, 4) is 17.2 Å². The summed E-state index contributed by atoms with van der Waals surface area (Å²) in [6.45, 7) is 1.83. The number of fused-ring (bicyclic) bond motifs is 1. The molecule has 1 fully saturated rings. The fourth-order valence-corrected chi connectivity index (χ4v) is 3.40. The predicted molar refractivity (Wildman–Crippen MR) is 102 cm³/mol. The Bertz CT molecular complexity index is 999. The van der Waals surface area contributed by atoms with E-state index in [0.29, 0.717) is 23.7 Å². The molecule has 3 aromatic rings. The van der Waals surface area contributed by atoms with Gasteiger partial charge in [-0.15, -0.1) is 11.3 Å². The lowest BCUT2D eigenvalue weighted by molar-refractivity contribution is -0.164. The molecule has 8 heteroatoms. The SMILES string of the molecule is CC(Oc1ccc(Oc2ccc3ncsc3c2)cc1)C(=O)OC1CCOC1=O. The second-order valence-corrected chi connectivity index (χ2v) is 7.08. The van der Waals surface area contributed by atoms with Crippen molar-refractivity contribution < 1.29 is 28.5 Å². The molecule has 1 aromatic heterocycles. The molecule has 4 rings (SSSR count). The van der Waals surface area contributed by atoms with Crippen LogP contribution in [0, 0.1) is 0 Å². The summed E-state index contributed by atoms with van der Waals surface area (Å²) < 4.78 is 22.4. The predicted octanol–water partition coefficient (Wildman–Crippen LogP) is 3.71. The summed E-state index contributed by atoms with van der Waals surface area (Å²) in [6, 6.07) is 12.6. The van der Waals surface area contributed by atoms with Gasteiger partial charge in [0.1, 0.15) is 17.2 Å². The molecule has 2 unspecified atom stereocenters. The minimum absolute atomic E-state index is 0.267. The molecule has 0 N–H and O–H groups in total. The maximum atomic E-state index is 12.1. The van der Waals surface area contributed by atoms with Gasteiger partial charge in [-0.2, -0.15) is 0 Å². The number of ether oxygens (including phenoxy) is 4. The number of nitrogens with zero attached hydrogens (tertiary/aromatic N) is 1. The Labute approximate surface area is 164 Å². The molecular formula is C20H17NO6S. The average Bonchev–Trinajstić information content (AvgIpc) is 3.32. The quantitative estimate of drug-likeness (QED) is 0.584. The van der Waals surface area contributed by atoms with E-state index in [1.165, 1.54) is 0 Å². The smallest absolute Gasteiger partial charge is 0.347 e. The fraction of sp³-hybridized carbons (Fsp3) is 0.250. The van der Waals surface area contributed by atoms with Crippen molar-refractivity contribution in [1.82, 2.24) is 4.98 Å². The van der Waals surface area contributed by atoms with Crippen LogP contribution in [0.3, 0.4) is 0 Å². The Balaban J connectivity index is 1.34. The zero-order chi connectivity index (χ0) is 19.5. The molecule has 0 aliphatic carbocycles. The van der Waals surface area contributed by atoms with Gasteiger partial charge in [-0.25, -0.2) is 14.6 Å². The Kier molecular flexibility index (Phi) is 5.12. The number of rotatable bonds is 6. The van der Waals surface area contributed by atoms with Crippen LogP contribution >= 0.6 is 11.3 Å². The van der Waals surface area contributed by atoms with Crippen molar-refractivity contribution in [2.75, 3.05) is 6.61 Å². The summed E-state index contributed by atoms with van der Waals surface area (Å²) in [7, 11) is 0. The van der Waals surface area contributed by atoms with E-state index in [-0.39, 0.29) is 6.61 Å². The number of hydrogen-bond donors (Lipinski definition) is 0. The van der Waals surface area contributed by atoms with Gasteiger partial charge in [0.05, 0.1) is 22.3 Å². The van der Waals surface area contributed by atoms with Crippen LogP contribution in [-0.2, 0) is 19.1 Å². The Morgan fingerprint density at radius 2 is 1.93 bits per heavy atom. The zero-order valence-electron chi connectivity index (χ0n) is 15.0. The summed E-state index contributed by atoms with van der Waals surface area (Å²) in [5.41, 5.74) is 2.73. The number of hydrogen-bond acceptors (Lipinski definition) is 8. The number of carbonyl (C=O) groups is 2. The Hall–Kier alpha value is -3.13. The number of carbonyl (C=O) groups excluding carboxylic acids is 2. The van der Waals surface area contributed by atoms with Gasteiger partial charge in [-0.3, -0.25) is 0 Å². The molecule has 144 valence electrons. The highest BCUT2D eigenvalue weighted by molar-refractivity contribution is 7.16. The highest BCUT2D eigenvalue weighted by atomic mass is 32.1. The van der Waals surface area contributed by atoms with Crippen LogP contribution in [0.15, 0.2) is 48.0 Å². The molecule has 0 radical (unpaired) electrons. The molecule has 1 saturated heterocycles. The van der Waals surface area contributed by atoms with Crippen molar-refractivity contribution >= 4 is 33.5 Å². The first-order valence-corrected chi connectivity index (χ1v) is 9.61. The average molecular weight is 399 g/mol. The number of cyclic esters (lactones) is 1. The minimum atomic E-state index is -0.853. The maximum absolute atomic E-state index is 12.1. The van der Waals surface area contributed by atoms with Gasteiger partial charge in [0, 0.05) is 12.5 Å². The summed E-state index contributed by atoms with van der Waals surface area (Å²) in [4.78, 5) is 27.7. The van der Waals surface area contributed by atoms with Crippen LogP contribution in [0.2, 0.25) is 0 Å². The van der Waals surface area contributed by atoms with E-state index in [0.717, 1.165) is 10.2 Å². The summed E-state index contributed by atoms with van der Waals surface area (Å²) >= 11 is 1.55. The first-order valence-electron chi connectivity index (χ1n) is 8.73. The van der Waals surface area contributed by atoms with Crippen LogP contribution in [0.1, 0.15) is 13.3 Å². The summed E-state index contributed by atoms with van der Waals surface area (Å²) in [6.07, 6.45) is -1.32.